The van der Waals surface area contributed by atoms with Crippen molar-refractivity contribution in [3.63, 3.8) is 0 Å². The second kappa shape index (κ2) is 3.68. The van der Waals surface area contributed by atoms with Crippen molar-refractivity contribution >= 4 is 22.6 Å². The molecule has 1 atom stereocenters. The smallest absolute Gasteiger partial charge is 0.198 e. The van der Waals surface area contributed by atoms with Crippen molar-refractivity contribution in [2.45, 2.75) is 33.1 Å². The highest BCUT2D eigenvalue weighted by molar-refractivity contribution is 14.1. The second-order valence-corrected chi connectivity index (χ2v) is 5.28. The standard InChI is InChI=1S/C11H14INO/c1-6-3-4-8-9(5-6)13-7(2)10(12)11(8)14/h6H,3-5H2,1-2H3,(H,13,14). The molecule has 2 rings (SSSR count). The Balaban J connectivity index is 2.60. The van der Waals surface area contributed by atoms with E-state index in [-0.39, 0.29) is 5.43 Å². The lowest BCUT2D eigenvalue weighted by atomic mass is 9.88. The third-order valence-corrected chi connectivity index (χ3v) is 4.24. The van der Waals surface area contributed by atoms with Crippen LogP contribution in [0.2, 0.25) is 0 Å². The van der Waals surface area contributed by atoms with Gasteiger partial charge in [-0.25, -0.2) is 0 Å². The molecule has 0 bridgehead atoms. The van der Waals surface area contributed by atoms with Gasteiger partial charge < -0.3 is 4.98 Å². The van der Waals surface area contributed by atoms with Gasteiger partial charge in [-0.2, -0.15) is 0 Å². The first-order valence-electron chi connectivity index (χ1n) is 4.99. The van der Waals surface area contributed by atoms with E-state index in [0.717, 1.165) is 34.1 Å². The molecule has 0 amide bonds. The van der Waals surface area contributed by atoms with Crippen LogP contribution in [-0.4, -0.2) is 4.98 Å². The Hall–Kier alpha value is -0.320. The van der Waals surface area contributed by atoms with Gasteiger partial charge in [0.05, 0.1) is 3.57 Å². The predicted molar refractivity (Wildman–Crippen MR) is 65.7 cm³/mol. The van der Waals surface area contributed by atoms with Crippen LogP contribution in [0.25, 0.3) is 0 Å². The SMILES string of the molecule is Cc1[nH]c2c(c(=O)c1I)CCC(C)C2. The molecule has 0 aromatic carbocycles. The van der Waals surface area contributed by atoms with Crippen molar-refractivity contribution in [2.75, 3.05) is 0 Å². The minimum Gasteiger partial charge on any atom is -0.361 e. The Labute approximate surface area is 97.3 Å². The number of hydrogen-bond donors (Lipinski definition) is 1. The molecule has 1 heterocycles. The molecule has 1 aromatic heterocycles. The first-order valence-corrected chi connectivity index (χ1v) is 6.07. The number of H-pyrrole nitrogens is 1. The highest BCUT2D eigenvalue weighted by Gasteiger charge is 2.20. The van der Waals surface area contributed by atoms with E-state index in [2.05, 4.69) is 34.5 Å². The van der Waals surface area contributed by atoms with Gasteiger partial charge in [-0.3, -0.25) is 4.79 Å². The molecule has 1 aromatic rings. The van der Waals surface area contributed by atoms with Gasteiger partial charge >= 0.3 is 0 Å². The van der Waals surface area contributed by atoms with Gasteiger partial charge in [-0.05, 0) is 54.7 Å². The van der Waals surface area contributed by atoms with Crippen molar-refractivity contribution in [2.24, 2.45) is 5.92 Å². The number of pyridine rings is 1. The van der Waals surface area contributed by atoms with Gasteiger partial charge in [0.1, 0.15) is 0 Å². The van der Waals surface area contributed by atoms with E-state index in [0.29, 0.717) is 5.92 Å². The Morgan fingerprint density at radius 3 is 2.93 bits per heavy atom. The highest BCUT2D eigenvalue weighted by atomic mass is 127. The summed E-state index contributed by atoms with van der Waals surface area (Å²) in [6.45, 7) is 4.22. The third kappa shape index (κ3) is 1.62. The molecule has 1 N–H and O–H groups in total. The molecule has 1 aliphatic carbocycles. The molecule has 0 fully saturated rings. The topological polar surface area (TPSA) is 32.9 Å². The van der Waals surface area contributed by atoms with E-state index >= 15 is 0 Å². The highest BCUT2D eigenvalue weighted by Crippen LogP contribution is 2.22. The fraction of sp³-hybridized carbons (Fsp3) is 0.545. The number of aryl methyl sites for hydroxylation is 1. The Bertz CT molecular complexity index is 422. The van der Waals surface area contributed by atoms with E-state index < -0.39 is 0 Å². The monoisotopic (exact) mass is 303 g/mol. The number of hydrogen-bond acceptors (Lipinski definition) is 1. The number of nitrogens with one attached hydrogen (secondary N) is 1. The summed E-state index contributed by atoms with van der Waals surface area (Å²) in [5.74, 6) is 0.706. The minimum absolute atomic E-state index is 0.253. The normalized spacial score (nSPS) is 20.6. The molecule has 2 nitrogen and oxygen atoms in total. The van der Waals surface area contributed by atoms with E-state index in [1.807, 2.05) is 6.92 Å². The van der Waals surface area contributed by atoms with Crippen molar-refractivity contribution in [1.82, 2.24) is 4.98 Å². The number of aromatic amines is 1. The number of halogens is 1. The zero-order valence-electron chi connectivity index (χ0n) is 8.48. The maximum atomic E-state index is 11.9. The van der Waals surface area contributed by atoms with Crippen LogP contribution < -0.4 is 5.43 Å². The maximum Gasteiger partial charge on any atom is 0.198 e. The molecule has 0 spiro atoms. The Morgan fingerprint density at radius 2 is 2.21 bits per heavy atom. The minimum atomic E-state index is 0.253. The summed E-state index contributed by atoms with van der Waals surface area (Å²) in [7, 11) is 0. The second-order valence-electron chi connectivity index (χ2n) is 4.20. The van der Waals surface area contributed by atoms with E-state index in [9.17, 15) is 4.79 Å². The lowest BCUT2D eigenvalue weighted by Gasteiger charge is -2.21. The van der Waals surface area contributed by atoms with Crippen molar-refractivity contribution < 1.29 is 0 Å². The van der Waals surface area contributed by atoms with Crippen LogP contribution in [-0.2, 0) is 12.8 Å². The zero-order chi connectivity index (χ0) is 10.3. The van der Waals surface area contributed by atoms with Crippen molar-refractivity contribution in [3.05, 3.63) is 30.7 Å². The van der Waals surface area contributed by atoms with Crippen LogP contribution in [0.5, 0.6) is 0 Å². The number of fused-ring (bicyclic) bond motifs is 1. The molecule has 0 saturated carbocycles. The van der Waals surface area contributed by atoms with Crippen LogP contribution in [0.1, 0.15) is 30.3 Å². The summed E-state index contributed by atoms with van der Waals surface area (Å²) in [6.07, 6.45) is 3.12. The van der Waals surface area contributed by atoms with Crippen LogP contribution in [0.4, 0.5) is 0 Å². The van der Waals surface area contributed by atoms with Gasteiger partial charge in [0.2, 0.25) is 0 Å². The van der Waals surface area contributed by atoms with Gasteiger partial charge in [0, 0.05) is 17.0 Å². The summed E-state index contributed by atoms with van der Waals surface area (Å²) < 4.78 is 0.857. The molecule has 14 heavy (non-hydrogen) atoms. The average Bonchev–Trinajstić information content (AvgIpc) is 2.14. The third-order valence-electron chi connectivity index (χ3n) is 2.95. The summed E-state index contributed by atoms with van der Waals surface area (Å²) >= 11 is 2.14. The summed E-state index contributed by atoms with van der Waals surface area (Å²) in [4.78, 5) is 15.3. The molecule has 76 valence electrons. The van der Waals surface area contributed by atoms with E-state index in [1.54, 1.807) is 0 Å². The van der Waals surface area contributed by atoms with Crippen LogP contribution in [0, 0.1) is 16.4 Å². The van der Waals surface area contributed by atoms with Gasteiger partial charge in [-0.15, -0.1) is 0 Å². The first kappa shape index (κ1) is 10.2. The Kier molecular flexibility index (Phi) is 2.68. The fourth-order valence-electron chi connectivity index (χ4n) is 2.08. The first-order chi connectivity index (χ1) is 6.59. The van der Waals surface area contributed by atoms with Gasteiger partial charge in [0.25, 0.3) is 0 Å². The van der Waals surface area contributed by atoms with Gasteiger partial charge in [-0.1, -0.05) is 6.92 Å². The lowest BCUT2D eigenvalue weighted by molar-refractivity contribution is 0.489. The summed E-state index contributed by atoms with van der Waals surface area (Å²) in [5, 5.41) is 0. The molecule has 3 heteroatoms. The Morgan fingerprint density at radius 1 is 1.50 bits per heavy atom. The lowest BCUT2D eigenvalue weighted by Crippen LogP contribution is -2.24. The summed E-state index contributed by atoms with van der Waals surface area (Å²) in [5.41, 5.74) is 3.47. The number of aromatic nitrogens is 1. The van der Waals surface area contributed by atoms with Gasteiger partial charge in [0.15, 0.2) is 5.43 Å². The zero-order valence-corrected chi connectivity index (χ0v) is 10.6. The molecule has 0 aliphatic heterocycles. The van der Waals surface area contributed by atoms with Crippen molar-refractivity contribution in [1.29, 1.82) is 0 Å². The van der Waals surface area contributed by atoms with E-state index in [4.69, 9.17) is 0 Å². The molecule has 0 radical (unpaired) electrons. The summed E-state index contributed by atoms with van der Waals surface area (Å²) in [6, 6.07) is 0. The van der Waals surface area contributed by atoms with Crippen LogP contribution >= 0.6 is 22.6 Å². The van der Waals surface area contributed by atoms with Crippen LogP contribution in [0.3, 0.4) is 0 Å². The fourth-order valence-corrected chi connectivity index (χ4v) is 2.54. The molecule has 1 unspecified atom stereocenters. The maximum absolute atomic E-state index is 11.9. The quantitative estimate of drug-likeness (QED) is 0.734. The number of rotatable bonds is 0. The van der Waals surface area contributed by atoms with Crippen LogP contribution in [0.15, 0.2) is 4.79 Å². The average molecular weight is 303 g/mol. The molecular weight excluding hydrogens is 289 g/mol. The van der Waals surface area contributed by atoms with E-state index in [1.165, 1.54) is 5.69 Å². The molecule has 0 saturated heterocycles. The molecular formula is C11H14INO. The predicted octanol–water partition coefficient (Wildman–Crippen LogP) is 2.41. The molecule has 1 aliphatic rings. The van der Waals surface area contributed by atoms with Crippen molar-refractivity contribution in [3.8, 4) is 0 Å². The largest absolute Gasteiger partial charge is 0.361 e.